The number of hydrogen-bond acceptors (Lipinski definition) is 6. The first-order valence-electron chi connectivity index (χ1n) is 7.14. The van der Waals surface area contributed by atoms with Gasteiger partial charge in [0.05, 0.1) is 0 Å². The molecule has 0 bridgehead atoms. The molecule has 1 fully saturated rings. The third-order valence-corrected chi connectivity index (χ3v) is 2.96. The number of cyclic esters (lactones) is 2. The van der Waals surface area contributed by atoms with E-state index in [4.69, 9.17) is 9.47 Å². The van der Waals surface area contributed by atoms with E-state index in [0.717, 1.165) is 0 Å². The molecule has 122 valence electrons. The van der Waals surface area contributed by atoms with Crippen LogP contribution in [0.3, 0.4) is 0 Å². The molecular weight excluding hydrogens is 300 g/mol. The van der Waals surface area contributed by atoms with Gasteiger partial charge in [0.15, 0.2) is 5.57 Å². The van der Waals surface area contributed by atoms with Gasteiger partial charge < -0.3 is 20.1 Å². The summed E-state index contributed by atoms with van der Waals surface area (Å²) in [5.41, 5.74) is 0.768. The minimum atomic E-state index is -1.27. The first kappa shape index (κ1) is 16.5. The minimum Gasteiger partial charge on any atom is -0.419 e. The van der Waals surface area contributed by atoms with Crippen LogP contribution in [0.1, 0.15) is 31.1 Å². The Morgan fingerprint density at radius 3 is 2.48 bits per heavy atom. The van der Waals surface area contributed by atoms with Crippen molar-refractivity contribution in [2.24, 2.45) is 0 Å². The van der Waals surface area contributed by atoms with Crippen LogP contribution in [0.15, 0.2) is 36.0 Å². The van der Waals surface area contributed by atoms with Gasteiger partial charge in [0.2, 0.25) is 0 Å². The number of rotatable bonds is 4. The fourth-order valence-corrected chi connectivity index (χ4v) is 1.95. The van der Waals surface area contributed by atoms with E-state index in [-0.39, 0.29) is 11.5 Å². The molecule has 0 atom stereocenters. The molecule has 1 aliphatic heterocycles. The highest BCUT2D eigenvalue weighted by atomic mass is 16.7. The number of amides is 1. The summed E-state index contributed by atoms with van der Waals surface area (Å²) in [5, 5.41) is 5.48. The molecule has 0 saturated carbocycles. The topological polar surface area (TPSA) is 93.7 Å². The number of ether oxygens (including phenoxy) is 2. The lowest BCUT2D eigenvalue weighted by atomic mass is 10.2. The molecule has 7 heteroatoms. The maximum atomic E-state index is 11.8. The lowest BCUT2D eigenvalue weighted by Gasteiger charge is -2.29. The van der Waals surface area contributed by atoms with Crippen molar-refractivity contribution in [2.45, 2.75) is 26.6 Å². The lowest BCUT2D eigenvalue weighted by molar-refractivity contribution is -0.222. The molecular formula is C16H18N2O5. The van der Waals surface area contributed by atoms with Gasteiger partial charge in [0.25, 0.3) is 11.7 Å². The largest absolute Gasteiger partial charge is 0.419 e. The Balaban J connectivity index is 2.14. The van der Waals surface area contributed by atoms with E-state index in [1.54, 1.807) is 24.3 Å². The van der Waals surface area contributed by atoms with Crippen LogP contribution in [-0.4, -0.2) is 30.2 Å². The molecule has 1 aromatic carbocycles. The molecule has 2 N–H and O–H groups in total. The minimum absolute atomic E-state index is 0.206. The number of carbonyl (C=O) groups excluding carboxylic acids is 3. The van der Waals surface area contributed by atoms with Crippen LogP contribution in [0, 0.1) is 0 Å². The highest BCUT2D eigenvalue weighted by Crippen LogP contribution is 2.22. The van der Waals surface area contributed by atoms with Gasteiger partial charge in [-0.15, -0.1) is 0 Å². The Morgan fingerprint density at radius 1 is 1.22 bits per heavy atom. The molecule has 0 spiro atoms. The van der Waals surface area contributed by atoms with Gasteiger partial charge >= 0.3 is 11.9 Å². The Kier molecular flexibility index (Phi) is 4.68. The number of carbonyl (C=O) groups is 3. The molecule has 23 heavy (non-hydrogen) atoms. The van der Waals surface area contributed by atoms with Crippen LogP contribution in [0.4, 0.5) is 5.69 Å². The SMILES string of the molecule is CCNC(=O)c1cccc(NC=C2C(=O)OC(C)(C)OC2=O)c1. The van der Waals surface area contributed by atoms with E-state index in [9.17, 15) is 14.4 Å². The highest BCUT2D eigenvalue weighted by Gasteiger charge is 2.38. The Labute approximate surface area is 133 Å². The predicted octanol–water partition coefficient (Wildman–Crippen LogP) is 1.57. The first-order chi connectivity index (χ1) is 10.8. The molecule has 1 amide bonds. The summed E-state index contributed by atoms with van der Waals surface area (Å²) in [4.78, 5) is 35.4. The molecule has 1 aliphatic rings. The third-order valence-electron chi connectivity index (χ3n) is 2.96. The van der Waals surface area contributed by atoms with E-state index in [1.807, 2.05) is 6.92 Å². The van der Waals surface area contributed by atoms with Gasteiger partial charge in [-0.2, -0.15) is 0 Å². The average molecular weight is 318 g/mol. The van der Waals surface area contributed by atoms with Crippen LogP contribution in [0.2, 0.25) is 0 Å². The van der Waals surface area contributed by atoms with E-state index in [2.05, 4.69) is 10.6 Å². The van der Waals surface area contributed by atoms with E-state index < -0.39 is 17.7 Å². The second kappa shape index (κ2) is 6.51. The third kappa shape index (κ3) is 4.09. The molecule has 1 aromatic rings. The average Bonchev–Trinajstić information content (AvgIpc) is 2.45. The number of anilines is 1. The quantitative estimate of drug-likeness (QED) is 0.497. The highest BCUT2D eigenvalue weighted by molar-refractivity contribution is 6.15. The molecule has 0 radical (unpaired) electrons. The van der Waals surface area contributed by atoms with Crippen molar-refractivity contribution in [1.29, 1.82) is 0 Å². The summed E-state index contributed by atoms with van der Waals surface area (Å²) in [5.74, 6) is -3.01. The fraction of sp³-hybridized carbons (Fsp3) is 0.312. The predicted molar refractivity (Wildman–Crippen MR) is 82.4 cm³/mol. The standard InChI is InChI=1S/C16H18N2O5/c1-4-17-13(19)10-6-5-7-11(8-10)18-9-12-14(20)22-16(2,3)23-15(12)21/h5-9,18H,4H2,1-3H3,(H,17,19). The Bertz CT molecular complexity index is 657. The molecule has 0 unspecified atom stereocenters. The van der Waals surface area contributed by atoms with Crippen molar-refractivity contribution in [3.63, 3.8) is 0 Å². The zero-order valence-electron chi connectivity index (χ0n) is 13.1. The van der Waals surface area contributed by atoms with Crippen molar-refractivity contribution in [3.05, 3.63) is 41.6 Å². The van der Waals surface area contributed by atoms with Gasteiger partial charge in [0, 0.05) is 37.8 Å². The van der Waals surface area contributed by atoms with Gasteiger partial charge in [-0.1, -0.05) is 6.07 Å². The maximum absolute atomic E-state index is 11.8. The molecule has 7 nitrogen and oxygen atoms in total. The monoisotopic (exact) mass is 318 g/mol. The summed E-state index contributed by atoms with van der Waals surface area (Å²) in [6, 6.07) is 6.65. The van der Waals surface area contributed by atoms with Crippen LogP contribution in [-0.2, 0) is 19.1 Å². The van der Waals surface area contributed by atoms with Crippen molar-refractivity contribution in [3.8, 4) is 0 Å². The molecule has 2 rings (SSSR count). The molecule has 0 aromatic heterocycles. The van der Waals surface area contributed by atoms with Gasteiger partial charge in [-0.05, 0) is 25.1 Å². The van der Waals surface area contributed by atoms with Gasteiger partial charge in [-0.3, -0.25) is 4.79 Å². The zero-order valence-corrected chi connectivity index (χ0v) is 13.1. The zero-order chi connectivity index (χ0) is 17.0. The molecule has 1 saturated heterocycles. The summed E-state index contributed by atoms with van der Waals surface area (Å²) in [6.07, 6.45) is 1.21. The van der Waals surface area contributed by atoms with E-state index in [1.165, 1.54) is 20.0 Å². The number of nitrogens with one attached hydrogen (secondary N) is 2. The summed E-state index contributed by atoms with van der Waals surface area (Å²) < 4.78 is 9.97. The second-order valence-electron chi connectivity index (χ2n) is 5.32. The smallest absolute Gasteiger partial charge is 0.350 e. The van der Waals surface area contributed by atoms with Crippen molar-refractivity contribution < 1.29 is 23.9 Å². The number of hydrogen-bond donors (Lipinski definition) is 2. The fourth-order valence-electron chi connectivity index (χ4n) is 1.95. The van der Waals surface area contributed by atoms with E-state index in [0.29, 0.717) is 17.8 Å². The Morgan fingerprint density at radius 2 is 1.87 bits per heavy atom. The van der Waals surface area contributed by atoms with E-state index >= 15 is 0 Å². The van der Waals surface area contributed by atoms with Crippen LogP contribution in [0.25, 0.3) is 0 Å². The second-order valence-corrected chi connectivity index (χ2v) is 5.32. The number of benzene rings is 1. The first-order valence-corrected chi connectivity index (χ1v) is 7.14. The molecule has 0 aliphatic carbocycles. The van der Waals surface area contributed by atoms with Crippen molar-refractivity contribution in [2.75, 3.05) is 11.9 Å². The summed E-state index contributed by atoms with van der Waals surface area (Å²) in [7, 11) is 0. The summed E-state index contributed by atoms with van der Waals surface area (Å²) >= 11 is 0. The molecule has 1 heterocycles. The maximum Gasteiger partial charge on any atom is 0.350 e. The van der Waals surface area contributed by atoms with Crippen LogP contribution < -0.4 is 10.6 Å². The van der Waals surface area contributed by atoms with Crippen molar-refractivity contribution in [1.82, 2.24) is 5.32 Å². The van der Waals surface area contributed by atoms with Gasteiger partial charge in [-0.25, -0.2) is 9.59 Å². The lowest BCUT2D eigenvalue weighted by Crippen LogP contribution is -2.42. The normalized spacial score (nSPS) is 16.2. The van der Waals surface area contributed by atoms with Crippen LogP contribution in [0.5, 0.6) is 0 Å². The Hall–Kier alpha value is -2.83. The van der Waals surface area contributed by atoms with Crippen LogP contribution >= 0.6 is 0 Å². The summed E-state index contributed by atoms with van der Waals surface area (Å²) in [6.45, 7) is 5.30. The number of esters is 2. The van der Waals surface area contributed by atoms with Gasteiger partial charge in [0.1, 0.15) is 0 Å². The van der Waals surface area contributed by atoms with Crippen molar-refractivity contribution >= 4 is 23.5 Å².